The fourth-order valence-corrected chi connectivity index (χ4v) is 2.37. The van der Waals surface area contributed by atoms with Gasteiger partial charge < -0.3 is 10.5 Å². The lowest BCUT2D eigenvalue weighted by atomic mass is 10.0. The molecule has 0 aliphatic heterocycles. The molecule has 1 heterocycles. The number of nitrogens with two attached hydrogens (primary N) is 1. The van der Waals surface area contributed by atoms with Gasteiger partial charge in [-0.1, -0.05) is 12.1 Å². The maximum atomic E-state index is 6.19. The smallest absolute Gasteiger partial charge is 0.118 e. The SMILES string of the molecule is COc1ccc(C(N)c2csc(C)c2)cc1. The van der Waals surface area contributed by atoms with E-state index >= 15 is 0 Å². The van der Waals surface area contributed by atoms with Gasteiger partial charge in [-0.15, -0.1) is 11.3 Å². The topological polar surface area (TPSA) is 35.2 Å². The highest BCUT2D eigenvalue weighted by Crippen LogP contribution is 2.25. The Kier molecular flexibility index (Phi) is 3.27. The zero-order valence-corrected chi connectivity index (χ0v) is 10.3. The van der Waals surface area contributed by atoms with Crippen LogP contribution in [0.5, 0.6) is 5.75 Å². The Balaban J connectivity index is 2.23. The van der Waals surface area contributed by atoms with Crippen molar-refractivity contribution in [3.05, 3.63) is 51.7 Å². The average molecular weight is 233 g/mol. The molecule has 0 aliphatic carbocycles. The molecule has 1 aromatic carbocycles. The summed E-state index contributed by atoms with van der Waals surface area (Å²) >= 11 is 1.73. The first-order valence-electron chi connectivity index (χ1n) is 5.15. The summed E-state index contributed by atoms with van der Waals surface area (Å²) in [5.74, 6) is 0.859. The number of methoxy groups -OCH3 is 1. The second kappa shape index (κ2) is 4.68. The molecule has 0 bridgehead atoms. The van der Waals surface area contributed by atoms with Crippen LogP contribution in [0, 0.1) is 6.92 Å². The second-order valence-corrected chi connectivity index (χ2v) is 4.86. The third-order valence-corrected chi connectivity index (χ3v) is 3.46. The van der Waals surface area contributed by atoms with E-state index in [-0.39, 0.29) is 6.04 Å². The monoisotopic (exact) mass is 233 g/mol. The van der Waals surface area contributed by atoms with Gasteiger partial charge in [-0.2, -0.15) is 0 Å². The highest BCUT2D eigenvalue weighted by molar-refractivity contribution is 7.10. The molecule has 0 aliphatic rings. The van der Waals surface area contributed by atoms with Crippen LogP contribution in [0.25, 0.3) is 0 Å². The summed E-state index contributed by atoms with van der Waals surface area (Å²) in [4.78, 5) is 1.29. The van der Waals surface area contributed by atoms with Crippen LogP contribution in [-0.4, -0.2) is 7.11 Å². The van der Waals surface area contributed by atoms with E-state index in [0.29, 0.717) is 0 Å². The molecule has 0 amide bonds. The van der Waals surface area contributed by atoms with Gasteiger partial charge in [0, 0.05) is 4.88 Å². The van der Waals surface area contributed by atoms with Crippen molar-refractivity contribution in [2.45, 2.75) is 13.0 Å². The van der Waals surface area contributed by atoms with E-state index in [1.54, 1.807) is 18.4 Å². The minimum absolute atomic E-state index is 0.0455. The number of hydrogen-bond acceptors (Lipinski definition) is 3. The number of hydrogen-bond donors (Lipinski definition) is 1. The average Bonchev–Trinajstić information content (AvgIpc) is 2.75. The van der Waals surface area contributed by atoms with Crippen molar-refractivity contribution >= 4 is 11.3 Å². The number of ether oxygens (including phenoxy) is 1. The standard InChI is InChI=1S/C13H15NOS/c1-9-7-11(8-16-9)13(14)10-3-5-12(15-2)6-4-10/h3-8,13H,14H2,1-2H3. The van der Waals surface area contributed by atoms with Crippen molar-refractivity contribution in [2.24, 2.45) is 5.73 Å². The van der Waals surface area contributed by atoms with Gasteiger partial charge in [-0.3, -0.25) is 0 Å². The summed E-state index contributed by atoms with van der Waals surface area (Å²) in [6.07, 6.45) is 0. The number of thiophene rings is 1. The third kappa shape index (κ3) is 2.26. The van der Waals surface area contributed by atoms with Crippen LogP contribution in [0.3, 0.4) is 0 Å². The summed E-state index contributed by atoms with van der Waals surface area (Å²) in [7, 11) is 1.66. The second-order valence-electron chi connectivity index (χ2n) is 3.74. The number of rotatable bonds is 3. The number of benzene rings is 1. The van der Waals surface area contributed by atoms with E-state index in [1.807, 2.05) is 24.3 Å². The molecule has 0 saturated carbocycles. The molecule has 1 aromatic heterocycles. The highest BCUT2D eigenvalue weighted by Gasteiger charge is 2.09. The highest BCUT2D eigenvalue weighted by atomic mass is 32.1. The fraction of sp³-hybridized carbons (Fsp3) is 0.231. The van der Waals surface area contributed by atoms with Crippen molar-refractivity contribution in [2.75, 3.05) is 7.11 Å². The molecular weight excluding hydrogens is 218 g/mol. The van der Waals surface area contributed by atoms with Gasteiger partial charge in [0.25, 0.3) is 0 Å². The first kappa shape index (κ1) is 11.2. The van der Waals surface area contributed by atoms with E-state index in [9.17, 15) is 0 Å². The molecule has 84 valence electrons. The van der Waals surface area contributed by atoms with Crippen LogP contribution in [0.4, 0.5) is 0 Å². The molecular formula is C13H15NOS. The predicted octanol–water partition coefficient (Wildman–Crippen LogP) is 3.11. The Morgan fingerprint density at radius 2 is 1.88 bits per heavy atom. The minimum atomic E-state index is -0.0455. The molecule has 0 saturated heterocycles. The van der Waals surface area contributed by atoms with Gasteiger partial charge in [0.1, 0.15) is 5.75 Å². The quantitative estimate of drug-likeness (QED) is 0.884. The van der Waals surface area contributed by atoms with E-state index in [0.717, 1.165) is 11.3 Å². The van der Waals surface area contributed by atoms with Crippen molar-refractivity contribution in [1.82, 2.24) is 0 Å². The minimum Gasteiger partial charge on any atom is -0.497 e. The zero-order valence-electron chi connectivity index (χ0n) is 9.44. The Labute approximate surface area is 99.7 Å². The lowest BCUT2D eigenvalue weighted by Crippen LogP contribution is -2.10. The molecule has 1 unspecified atom stereocenters. The largest absolute Gasteiger partial charge is 0.497 e. The summed E-state index contributed by atoms with van der Waals surface area (Å²) < 4.78 is 5.12. The van der Waals surface area contributed by atoms with E-state index in [4.69, 9.17) is 10.5 Å². The summed E-state index contributed by atoms with van der Waals surface area (Å²) in [6, 6.07) is 9.99. The van der Waals surface area contributed by atoms with Crippen LogP contribution in [-0.2, 0) is 0 Å². The Hall–Kier alpha value is -1.32. The normalized spacial score (nSPS) is 12.4. The van der Waals surface area contributed by atoms with Crippen LogP contribution in [0.15, 0.2) is 35.7 Å². The summed E-state index contributed by atoms with van der Waals surface area (Å²) in [5, 5.41) is 2.12. The zero-order chi connectivity index (χ0) is 11.5. The van der Waals surface area contributed by atoms with Gasteiger partial charge >= 0.3 is 0 Å². The molecule has 2 N–H and O–H groups in total. The lowest BCUT2D eigenvalue weighted by Gasteiger charge is -2.10. The number of aryl methyl sites for hydroxylation is 1. The van der Waals surface area contributed by atoms with Gasteiger partial charge in [-0.05, 0) is 41.6 Å². The van der Waals surface area contributed by atoms with Gasteiger partial charge in [0.05, 0.1) is 13.2 Å². The van der Waals surface area contributed by atoms with E-state index < -0.39 is 0 Å². The molecule has 2 rings (SSSR count). The lowest BCUT2D eigenvalue weighted by molar-refractivity contribution is 0.414. The molecule has 2 nitrogen and oxygen atoms in total. The first-order valence-corrected chi connectivity index (χ1v) is 6.03. The summed E-state index contributed by atoms with van der Waals surface area (Å²) in [5.41, 5.74) is 8.47. The molecule has 0 spiro atoms. The van der Waals surface area contributed by atoms with Crippen molar-refractivity contribution in [3.63, 3.8) is 0 Å². The van der Waals surface area contributed by atoms with Crippen molar-refractivity contribution in [3.8, 4) is 5.75 Å². The predicted molar refractivity (Wildman–Crippen MR) is 68.1 cm³/mol. The maximum absolute atomic E-state index is 6.19. The molecule has 0 fully saturated rings. The summed E-state index contributed by atoms with van der Waals surface area (Å²) in [6.45, 7) is 2.09. The maximum Gasteiger partial charge on any atom is 0.118 e. The molecule has 0 radical (unpaired) electrons. The first-order chi connectivity index (χ1) is 7.70. The van der Waals surface area contributed by atoms with Crippen LogP contribution >= 0.6 is 11.3 Å². The molecule has 16 heavy (non-hydrogen) atoms. The van der Waals surface area contributed by atoms with Crippen LogP contribution in [0.2, 0.25) is 0 Å². The fourth-order valence-electron chi connectivity index (χ4n) is 1.63. The van der Waals surface area contributed by atoms with Gasteiger partial charge in [0.2, 0.25) is 0 Å². The molecule has 2 aromatic rings. The van der Waals surface area contributed by atoms with E-state index in [1.165, 1.54) is 10.4 Å². The van der Waals surface area contributed by atoms with Gasteiger partial charge in [-0.25, -0.2) is 0 Å². The Morgan fingerprint density at radius 3 is 2.38 bits per heavy atom. The molecule has 3 heteroatoms. The van der Waals surface area contributed by atoms with Crippen LogP contribution in [0.1, 0.15) is 22.0 Å². The Bertz CT molecular complexity index is 461. The van der Waals surface area contributed by atoms with Crippen molar-refractivity contribution < 1.29 is 4.74 Å². The van der Waals surface area contributed by atoms with E-state index in [2.05, 4.69) is 18.4 Å². The molecule has 1 atom stereocenters. The van der Waals surface area contributed by atoms with Gasteiger partial charge in [0.15, 0.2) is 0 Å². The Morgan fingerprint density at radius 1 is 1.19 bits per heavy atom. The van der Waals surface area contributed by atoms with Crippen molar-refractivity contribution in [1.29, 1.82) is 0 Å². The van der Waals surface area contributed by atoms with Crippen LogP contribution < -0.4 is 10.5 Å². The third-order valence-electron chi connectivity index (χ3n) is 2.58.